The number of hydrogen-bond acceptors (Lipinski definition) is 5. The molecule has 1 aromatic rings. The Morgan fingerprint density at radius 3 is 2.44 bits per heavy atom. The Hall–Kier alpha value is -1.40. The van der Waals surface area contributed by atoms with E-state index in [2.05, 4.69) is 0 Å². The van der Waals surface area contributed by atoms with Crippen molar-refractivity contribution in [3.63, 3.8) is 0 Å². The molecular weight excluding hydrogens is 256 g/mol. The molecular formula is C9H5ClO5S. The standard InChI is InChI=1S/C9H5ClO5S/c10-16(13,14)8-7(11)5-3-1-2-4-6(5)15-9(8)12/h1-4,8H. The quantitative estimate of drug-likeness (QED) is 0.322. The number of carbonyl (C=O) groups is 2. The lowest BCUT2D eigenvalue weighted by atomic mass is 10.0. The zero-order valence-corrected chi connectivity index (χ0v) is 9.29. The average Bonchev–Trinajstić information content (AvgIpc) is 2.15. The third-order valence-electron chi connectivity index (χ3n) is 2.10. The molecule has 0 saturated heterocycles. The van der Waals surface area contributed by atoms with Gasteiger partial charge in [-0.2, -0.15) is 0 Å². The van der Waals surface area contributed by atoms with Gasteiger partial charge >= 0.3 is 5.97 Å². The predicted molar refractivity (Wildman–Crippen MR) is 55.0 cm³/mol. The Morgan fingerprint density at radius 2 is 1.81 bits per heavy atom. The van der Waals surface area contributed by atoms with E-state index in [1.165, 1.54) is 18.2 Å². The molecule has 1 aliphatic rings. The molecule has 84 valence electrons. The van der Waals surface area contributed by atoms with Crippen molar-refractivity contribution in [2.45, 2.75) is 5.25 Å². The van der Waals surface area contributed by atoms with Crippen LogP contribution in [0, 0.1) is 0 Å². The van der Waals surface area contributed by atoms with Crippen LogP contribution in [0.15, 0.2) is 24.3 Å². The first-order valence-electron chi connectivity index (χ1n) is 4.19. The molecule has 7 heteroatoms. The highest BCUT2D eigenvalue weighted by Crippen LogP contribution is 2.28. The largest absolute Gasteiger partial charge is 0.424 e. The summed E-state index contributed by atoms with van der Waals surface area (Å²) in [6.45, 7) is 0. The van der Waals surface area contributed by atoms with Crippen molar-refractivity contribution in [1.29, 1.82) is 0 Å². The predicted octanol–water partition coefficient (Wildman–Crippen LogP) is 0.725. The number of carbonyl (C=O) groups excluding carboxylic acids is 2. The highest BCUT2D eigenvalue weighted by Gasteiger charge is 2.44. The molecule has 0 N–H and O–H groups in total. The normalized spacial score (nSPS) is 20.2. The summed E-state index contributed by atoms with van der Waals surface area (Å²) in [7, 11) is 0.700. The number of hydrogen-bond donors (Lipinski definition) is 0. The van der Waals surface area contributed by atoms with Gasteiger partial charge in [-0.3, -0.25) is 4.79 Å². The van der Waals surface area contributed by atoms with E-state index >= 15 is 0 Å². The molecule has 1 aromatic carbocycles. The summed E-state index contributed by atoms with van der Waals surface area (Å²) in [6.07, 6.45) is 0. The second kappa shape index (κ2) is 3.57. The molecule has 0 radical (unpaired) electrons. The van der Waals surface area contributed by atoms with Gasteiger partial charge < -0.3 is 4.74 Å². The van der Waals surface area contributed by atoms with Crippen molar-refractivity contribution in [2.75, 3.05) is 0 Å². The van der Waals surface area contributed by atoms with Gasteiger partial charge in [0.2, 0.25) is 5.25 Å². The minimum atomic E-state index is -4.32. The molecule has 0 saturated carbocycles. The van der Waals surface area contributed by atoms with E-state index in [9.17, 15) is 18.0 Å². The maximum Gasteiger partial charge on any atom is 0.339 e. The van der Waals surface area contributed by atoms with E-state index in [-0.39, 0.29) is 11.3 Å². The number of rotatable bonds is 1. The smallest absolute Gasteiger partial charge is 0.339 e. The molecule has 5 nitrogen and oxygen atoms in total. The Bertz CT molecular complexity index is 577. The molecule has 16 heavy (non-hydrogen) atoms. The first-order valence-corrected chi connectivity index (χ1v) is 6.57. The van der Waals surface area contributed by atoms with Crippen molar-refractivity contribution >= 4 is 31.5 Å². The molecule has 0 fully saturated rings. The maximum absolute atomic E-state index is 11.7. The molecule has 0 spiro atoms. The van der Waals surface area contributed by atoms with Crippen molar-refractivity contribution < 1.29 is 22.7 Å². The second-order valence-corrected chi connectivity index (χ2v) is 5.85. The number of ether oxygens (including phenoxy) is 1. The average molecular weight is 261 g/mol. The van der Waals surface area contributed by atoms with Crippen LogP contribution in [-0.4, -0.2) is 25.4 Å². The molecule has 0 bridgehead atoms. The number of benzene rings is 1. The van der Waals surface area contributed by atoms with Gasteiger partial charge in [-0.05, 0) is 12.1 Å². The van der Waals surface area contributed by atoms with E-state index in [0.717, 1.165) is 0 Å². The van der Waals surface area contributed by atoms with Crippen LogP contribution in [0.2, 0.25) is 0 Å². The highest BCUT2D eigenvalue weighted by atomic mass is 35.7. The fourth-order valence-electron chi connectivity index (χ4n) is 1.41. The number of fused-ring (bicyclic) bond motifs is 1. The lowest BCUT2D eigenvalue weighted by Gasteiger charge is -2.19. The molecule has 0 aromatic heterocycles. The van der Waals surface area contributed by atoms with Gasteiger partial charge in [0.1, 0.15) is 5.75 Å². The van der Waals surface area contributed by atoms with Gasteiger partial charge in [-0.1, -0.05) is 12.1 Å². The summed E-state index contributed by atoms with van der Waals surface area (Å²) < 4.78 is 26.8. The minimum absolute atomic E-state index is 0.0383. The van der Waals surface area contributed by atoms with E-state index in [1.54, 1.807) is 6.07 Å². The zero-order valence-electron chi connectivity index (χ0n) is 7.71. The molecule has 1 unspecified atom stereocenters. The van der Waals surface area contributed by atoms with Crippen LogP contribution < -0.4 is 4.74 Å². The first-order chi connectivity index (χ1) is 7.41. The van der Waals surface area contributed by atoms with Crippen LogP contribution in [0.1, 0.15) is 10.4 Å². The van der Waals surface area contributed by atoms with E-state index < -0.39 is 26.1 Å². The van der Waals surface area contributed by atoms with Crippen molar-refractivity contribution in [3.8, 4) is 5.75 Å². The van der Waals surface area contributed by atoms with Crippen molar-refractivity contribution in [2.24, 2.45) is 0 Å². The van der Waals surface area contributed by atoms with Crippen LogP contribution in [0.5, 0.6) is 5.75 Å². The summed E-state index contributed by atoms with van der Waals surface area (Å²) >= 11 is 0. The number of ketones is 1. The monoisotopic (exact) mass is 260 g/mol. The van der Waals surface area contributed by atoms with Crippen LogP contribution >= 0.6 is 10.7 Å². The summed E-state index contributed by atoms with van der Waals surface area (Å²) in [5.41, 5.74) is 0.0383. The number of halogens is 1. The minimum Gasteiger partial charge on any atom is -0.424 e. The molecule has 0 aliphatic carbocycles. The Kier molecular flexibility index (Phi) is 2.47. The summed E-state index contributed by atoms with van der Waals surface area (Å²) in [6, 6.07) is 5.88. The van der Waals surface area contributed by atoms with E-state index in [4.69, 9.17) is 15.4 Å². The summed E-state index contributed by atoms with van der Waals surface area (Å²) in [4.78, 5) is 23.0. The number of esters is 1. The molecule has 1 aliphatic heterocycles. The Balaban J connectivity index is 2.59. The van der Waals surface area contributed by atoms with Gasteiger partial charge in [0.15, 0.2) is 5.78 Å². The van der Waals surface area contributed by atoms with Crippen LogP contribution in [0.25, 0.3) is 0 Å². The van der Waals surface area contributed by atoms with Crippen LogP contribution in [0.4, 0.5) is 0 Å². The van der Waals surface area contributed by atoms with Gasteiger partial charge in [0.05, 0.1) is 5.56 Å². The summed E-state index contributed by atoms with van der Waals surface area (Å²) in [5.74, 6) is -1.98. The van der Waals surface area contributed by atoms with Gasteiger partial charge in [-0.15, -0.1) is 0 Å². The topological polar surface area (TPSA) is 77.5 Å². The lowest BCUT2D eigenvalue weighted by molar-refractivity contribution is -0.133. The SMILES string of the molecule is O=C1Oc2ccccc2C(=O)C1S(=O)(=O)Cl. The highest BCUT2D eigenvalue weighted by molar-refractivity contribution is 8.15. The third-order valence-corrected chi connectivity index (χ3v) is 3.60. The lowest BCUT2D eigenvalue weighted by Crippen LogP contribution is -2.42. The van der Waals surface area contributed by atoms with Crippen molar-refractivity contribution in [3.05, 3.63) is 29.8 Å². The Labute approximate surface area is 95.4 Å². The van der Waals surface area contributed by atoms with Crippen LogP contribution in [0.3, 0.4) is 0 Å². The third kappa shape index (κ3) is 1.70. The summed E-state index contributed by atoms with van der Waals surface area (Å²) in [5, 5.41) is -1.97. The molecule has 0 amide bonds. The van der Waals surface area contributed by atoms with E-state index in [1.807, 2.05) is 0 Å². The second-order valence-electron chi connectivity index (χ2n) is 3.14. The van der Waals surface area contributed by atoms with Gasteiger partial charge in [-0.25, -0.2) is 13.2 Å². The fourth-order valence-corrected chi connectivity index (χ4v) is 2.53. The van der Waals surface area contributed by atoms with Crippen LogP contribution in [-0.2, 0) is 13.8 Å². The molecule has 1 heterocycles. The van der Waals surface area contributed by atoms with Gasteiger partial charge in [0.25, 0.3) is 9.05 Å². The fraction of sp³-hybridized carbons (Fsp3) is 0.111. The molecule has 1 atom stereocenters. The first kappa shape index (κ1) is 11.1. The van der Waals surface area contributed by atoms with Gasteiger partial charge in [0, 0.05) is 10.7 Å². The maximum atomic E-state index is 11.7. The van der Waals surface area contributed by atoms with E-state index in [0.29, 0.717) is 0 Å². The molecule has 2 rings (SSSR count). The van der Waals surface area contributed by atoms with Crippen molar-refractivity contribution in [1.82, 2.24) is 0 Å². The Morgan fingerprint density at radius 1 is 1.19 bits per heavy atom. The zero-order chi connectivity index (χ0) is 11.9. The number of para-hydroxylation sites is 1. The number of Topliss-reactive ketones (excluding diaryl/α,β-unsaturated/α-hetero) is 1.